The minimum atomic E-state index is -3.90. The second-order valence-electron chi connectivity index (χ2n) is 9.48. The molecule has 2 aromatic rings. The maximum absolute atomic E-state index is 13.7. The first-order chi connectivity index (χ1) is 18.0. The van der Waals surface area contributed by atoms with Crippen molar-refractivity contribution in [3.8, 4) is 11.5 Å². The summed E-state index contributed by atoms with van der Waals surface area (Å²) in [6, 6.07) is 9.30. The van der Waals surface area contributed by atoms with Gasteiger partial charge in [0.05, 0.1) is 26.2 Å². The van der Waals surface area contributed by atoms with Crippen LogP contribution in [0.3, 0.4) is 0 Å². The molecule has 0 radical (unpaired) electrons. The Balaban J connectivity index is 1.90. The first-order valence-corrected chi connectivity index (χ1v) is 14.4. The highest BCUT2D eigenvalue weighted by Gasteiger charge is 2.31. The molecule has 9 nitrogen and oxygen atoms in total. The summed E-state index contributed by atoms with van der Waals surface area (Å²) in [6.07, 6.45) is 5.96. The minimum Gasteiger partial charge on any atom is -0.493 e. The van der Waals surface area contributed by atoms with E-state index >= 15 is 0 Å². The SMILES string of the molecule is COc1ccc(N(CC(=O)N(Cc2ccc(F)cc2)C(C)C(=O)NC2CCCCC2)S(C)(=O)=O)cc1OC. The van der Waals surface area contributed by atoms with Gasteiger partial charge >= 0.3 is 0 Å². The van der Waals surface area contributed by atoms with Gasteiger partial charge in [0.25, 0.3) is 0 Å². The Morgan fingerprint density at radius 1 is 1.03 bits per heavy atom. The molecule has 0 spiro atoms. The Hall–Kier alpha value is -3.34. The minimum absolute atomic E-state index is 0.00189. The fourth-order valence-corrected chi connectivity index (χ4v) is 5.37. The predicted molar refractivity (Wildman–Crippen MR) is 143 cm³/mol. The number of rotatable bonds is 11. The Kier molecular flexibility index (Phi) is 9.96. The normalized spacial score (nSPS) is 14.9. The highest BCUT2D eigenvalue weighted by molar-refractivity contribution is 7.92. The molecular formula is C27H36FN3O6S. The van der Waals surface area contributed by atoms with Crippen molar-refractivity contribution in [2.24, 2.45) is 0 Å². The summed E-state index contributed by atoms with van der Waals surface area (Å²) >= 11 is 0. The fraction of sp³-hybridized carbons (Fsp3) is 0.481. The zero-order chi connectivity index (χ0) is 27.9. The van der Waals surface area contributed by atoms with Gasteiger partial charge in [0.1, 0.15) is 18.4 Å². The summed E-state index contributed by atoms with van der Waals surface area (Å²) < 4.78 is 50.5. The van der Waals surface area contributed by atoms with Crippen molar-refractivity contribution in [2.75, 3.05) is 31.3 Å². The van der Waals surface area contributed by atoms with Gasteiger partial charge in [0, 0.05) is 18.7 Å². The number of anilines is 1. The molecule has 208 valence electrons. The molecule has 0 aromatic heterocycles. The molecule has 0 aliphatic heterocycles. The molecule has 3 rings (SSSR count). The number of sulfonamides is 1. The van der Waals surface area contributed by atoms with Crippen LogP contribution in [0.15, 0.2) is 42.5 Å². The van der Waals surface area contributed by atoms with Crippen LogP contribution in [0.2, 0.25) is 0 Å². The molecule has 1 aliphatic carbocycles. The maximum Gasteiger partial charge on any atom is 0.244 e. The molecule has 11 heteroatoms. The third-order valence-electron chi connectivity index (χ3n) is 6.72. The van der Waals surface area contributed by atoms with Gasteiger partial charge in [-0.15, -0.1) is 0 Å². The van der Waals surface area contributed by atoms with Crippen LogP contribution in [-0.4, -0.2) is 64.2 Å². The highest BCUT2D eigenvalue weighted by Crippen LogP contribution is 2.32. The van der Waals surface area contributed by atoms with E-state index in [1.54, 1.807) is 13.0 Å². The smallest absolute Gasteiger partial charge is 0.244 e. The molecule has 1 saturated carbocycles. The number of carbonyl (C=O) groups excluding carboxylic acids is 2. The van der Waals surface area contributed by atoms with E-state index in [1.807, 2.05) is 0 Å². The van der Waals surface area contributed by atoms with Crippen LogP contribution in [-0.2, 0) is 26.2 Å². The highest BCUT2D eigenvalue weighted by atomic mass is 32.2. The van der Waals surface area contributed by atoms with Crippen molar-refractivity contribution < 1.29 is 31.9 Å². The summed E-state index contributed by atoms with van der Waals surface area (Å²) in [6.45, 7) is 1.07. The van der Waals surface area contributed by atoms with Gasteiger partial charge in [0.15, 0.2) is 11.5 Å². The van der Waals surface area contributed by atoms with Gasteiger partial charge in [-0.25, -0.2) is 12.8 Å². The molecule has 0 heterocycles. The van der Waals surface area contributed by atoms with Crippen molar-refractivity contribution in [3.05, 3.63) is 53.8 Å². The van der Waals surface area contributed by atoms with Crippen molar-refractivity contribution in [3.63, 3.8) is 0 Å². The topological polar surface area (TPSA) is 105 Å². The average molecular weight is 550 g/mol. The number of hydrogen-bond acceptors (Lipinski definition) is 6. The lowest BCUT2D eigenvalue weighted by Crippen LogP contribution is -2.52. The van der Waals surface area contributed by atoms with Crippen molar-refractivity contribution in [1.29, 1.82) is 0 Å². The van der Waals surface area contributed by atoms with Gasteiger partial charge in [-0.1, -0.05) is 31.4 Å². The van der Waals surface area contributed by atoms with Crippen LogP contribution < -0.4 is 19.1 Å². The molecule has 1 fully saturated rings. The third-order valence-corrected chi connectivity index (χ3v) is 7.86. The number of nitrogens with one attached hydrogen (secondary N) is 1. The zero-order valence-electron chi connectivity index (χ0n) is 22.3. The molecule has 2 aromatic carbocycles. The van der Waals surface area contributed by atoms with Gasteiger partial charge in [-0.05, 0) is 49.6 Å². The number of hydrogen-bond donors (Lipinski definition) is 1. The van der Waals surface area contributed by atoms with Gasteiger partial charge in [-0.2, -0.15) is 0 Å². The van der Waals surface area contributed by atoms with Crippen LogP contribution in [0.25, 0.3) is 0 Å². The number of benzene rings is 2. The molecule has 1 atom stereocenters. The Bertz CT molecular complexity index is 1220. The van der Waals surface area contributed by atoms with E-state index in [1.165, 1.54) is 55.5 Å². The fourth-order valence-electron chi connectivity index (χ4n) is 4.53. The molecule has 0 bridgehead atoms. The van der Waals surface area contributed by atoms with E-state index in [0.717, 1.165) is 42.7 Å². The first-order valence-electron chi connectivity index (χ1n) is 12.6. The standard InChI is InChI=1S/C27H36FN3O6S/c1-19(27(33)29-22-8-6-5-7-9-22)30(17-20-10-12-21(28)13-11-20)26(32)18-31(38(4,34)35)23-14-15-24(36-2)25(16-23)37-3/h10-16,19,22H,5-9,17-18H2,1-4H3,(H,29,33). The lowest BCUT2D eigenvalue weighted by Gasteiger charge is -2.33. The van der Waals surface area contributed by atoms with Crippen molar-refractivity contribution in [1.82, 2.24) is 10.2 Å². The molecular weight excluding hydrogens is 513 g/mol. The predicted octanol–water partition coefficient (Wildman–Crippen LogP) is 3.48. The van der Waals surface area contributed by atoms with Crippen LogP contribution >= 0.6 is 0 Å². The number of amides is 2. The van der Waals surface area contributed by atoms with Gasteiger partial charge < -0.3 is 19.7 Å². The molecule has 1 aliphatic rings. The zero-order valence-corrected chi connectivity index (χ0v) is 23.1. The number of carbonyl (C=O) groups is 2. The summed E-state index contributed by atoms with van der Waals surface area (Å²) in [5, 5.41) is 3.04. The summed E-state index contributed by atoms with van der Waals surface area (Å²) in [7, 11) is -1.01. The first kappa shape index (κ1) is 29.2. The molecule has 0 saturated heterocycles. The Morgan fingerprint density at radius 3 is 2.24 bits per heavy atom. The Labute approximate surface area is 224 Å². The van der Waals surface area contributed by atoms with E-state index < -0.39 is 34.3 Å². The number of nitrogens with zero attached hydrogens (tertiary/aromatic N) is 2. The van der Waals surface area contributed by atoms with Gasteiger partial charge in [-0.3, -0.25) is 13.9 Å². The molecule has 38 heavy (non-hydrogen) atoms. The quantitative estimate of drug-likeness (QED) is 0.460. The molecule has 1 N–H and O–H groups in total. The van der Waals surface area contributed by atoms with Crippen LogP contribution in [0.1, 0.15) is 44.6 Å². The van der Waals surface area contributed by atoms with Crippen LogP contribution in [0, 0.1) is 5.82 Å². The van der Waals surface area contributed by atoms with Crippen LogP contribution in [0.4, 0.5) is 10.1 Å². The summed E-state index contributed by atoms with van der Waals surface area (Å²) in [5.74, 6) is -0.618. The monoisotopic (exact) mass is 549 g/mol. The average Bonchev–Trinajstić information content (AvgIpc) is 2.90. The van der Waals surface area contributed by atoms with Crippen molar-refractivity contribution >= 4 is 27.5 Å². The van der Waals surface area contributed by atoms with E-state index in [4.69, 9.17) is 9.47 Å². The lowest BCUT2D eigenvalue weighted by molar-refractivity contribution is -0.139. The number of methoxy groups -OCH3 is 2. The van der Waals surface area contributed by atoms with E-state index in [-0.39, 0.29) is 24.2 Å². The maximum atomic E-state index is 13.7. The Morgan fingerprint density at radius 2 is 1.66 bits per heavy atom. The van der Waals surface area contributed by atoms with E-state index in [2.05, 4.69) is 5.32 Å². The summed E-state index contributed by atoms with van der Waals surface area (Å²) in [4.78, 5) is 28.2. The van der Waals surface area contributed by atoms with E-state index in [0.29, 0.717) is 17.1 Å². The number of halogens is 1. The second-order valence-corrected chi connectivity index (χ2v) is 11.4. The third kappa shape index (κ3) is 7.59. The largest absolute Gasteiger partial charge is 0.493 e. The van der Waals surface area contributed by atoms with Crippen molar-refractivity contribution in [2.45, 2.75) is 57.7 Å². The second kappa shape index (κ2) is 12.9. The molecule has 1 unspecified atom stereocenters. The van der Waals surface area contributed by atoms with Gasteiger partial charge in [0.2, 0.25) is 21.8 Å². The summed E-state index contributed by atoms with van der Waals surface area (Å²) in [5.41, 5.74) is 0.814. The molecule has 2 amide bonds. The number of ether oxygens (including phenoxy) is 2. The lowest BCUT2D eigenvalue weighted by atomic mass is 9.95. The van der Waals surface area contributed by atoms with Crippen LogP contribution in [0.5, 0.6) is 11.5 Å². The van der Waals surface area contributed by atoms with E-state index in [9.17, 15) is 22.4 Å².